The molecule has 2 aliphatic rings. The highest BCUT2D eigenvalue weighted by Crippen LogP contribution is 2.25. The van der Waals surface area contributed by atoms with Crippen molar-refractivity contribution in [1.82, 2.24) is 35.7 Å². The number of aromatic nitrogens is 4. The van der Waals surface area contributed by atoms with Crippen LogP contribution in [0.4, 0.5) is 0 Å². The van der Waals surface area contributed by atoms with Gasteiger partial charge in [-0.3, -0.25) is 19.8 Å². The van der Waals surface area contributed by atoms with Gasteiger partial charge in [0.25, 0.3) is 0 Å². The molecule has 3 heterocycles. The van der Waals surface area contributed by atoms with Crippen molar-refractivity contribution in [2.24, 2.45) is 0 Å². The van der Waals surface area contributed by atoms with Crippen molar-refractivity contribution in [2.75, 3.05) is 13.1 Å². The number of imide groups is 1. The molecule has 0 saturated carbocycles. The molecule has 9 nitrogen and oxygen atoms in total. The Balaban J connectivity index is 1.48. The molecule has 28 heavy (non-hydrogen) atoms. The van der Waals surface area contributed by atoms with Crippen LogP contribution >= 0.6 is 11.6 Å². The summed E-state index contributed by atoms with van der Waals surface area (Å²) in [5.41, 5.74) is 1.73. The first-order chi connectivity index (χ1) is 13.6. The molecule has 10 heteroatoms. The maximum atomic E-state index is 12.7. The number of likely N-dealkylation sites (tertiary alicyclic amines) is 1. The first-order valence-corrected chi connectivity index (χ1v) is 9.83. The second-order valence-corrected chi connectivity index (χ2v) is 7.59. The average molecular weight is 404 g/mol. The highest BCUT2D eigenvalue weighted by molar-refractivity contribution is 6.30. The summed E-state index contributed by atoms with van der Waals surface area (Å²) < 4.78 is 1.58. The van der Waals surface area contributed by atoms with E-state index in [1.165, 1.54) is 6.33 Å². The van der Waals surface area contributed by atoms with E-state index < -0.39 is 0 Å². The summed E-state index contributed by atoms with van der Waals surface area (Å²) in [4.78, 5) is 27.1. The van der Waals surface area contributed by atoms with Crippen LogP contribution in [0.2, 0.25) is 5.02 Å². The molecule has 0 radical (unpaired) electrons. The van der Waals surface area contributed by atoms with E-state index in [1.54, 1.807) is 10.7 Å². The monoisotopic (exact) mass is 403 g/mol. The van der Waals surface area contributed by atoms with Crippen molar-refractivity contribution in [3.63, 3.8) is 0 Å². The van der Waals surface area contributed by atoms with Gasteiger partial charge < -0.3 is 5.32 Å². The molecule has 0 spiro atoms. The van der Waals surface area contributed by atoms with Crippen molar-refractivity contribution in [1.29, 1.82) is 0 Å². The number of hydrogen-bond acceptors (Lipinski definition) is 7. The first kappa shape index (κ1) is 19.0. The second-order valence-electron chi connectivity index (χ2n) is 7.16. The number of tetrazole rings is 1. The standard InChI is InChI=1S/C18H22ClN7O2/c19-13-5-6-15(26-11-21-23-24-26)12(9-13)10-25-8-2-4-16(25)18(28)22-17(27)14-3-1-7-20-14/h5-6,9,11,14,16,20H,1-4,7-8,10H2,(H,22,27,28)/t14-,16-/m1/s1. The molecule has 2 N–H and O–H groups in total. The van der Waals surface area contributed by atoms with Crippen LogP contribution in [0.1, 0.15) is 31.2 Å². The quantitative estimate of drug-likeness (QED) is 0.707. The molecule has 2 fully saturated rings. The third kappa shape index (κ3) is 4.06. The van der Waals surface area contributed by atoms with E-state index in [2.05, 4.69) is 31.1 Å². The van der Waals surface area contributed by atoms with Crippen LogP contribution in [-0.2, 0) is 16.1 Å². The fraction of sp³-hybridized carbons (Fsp3) is 0.500. The van der Waals surface area contributed by atoms with Crippen LogP contribution < -0.4 is 10.6 Å². The fourth-order valence-electron chi connectivity index (χ4n) is 3.91. The number of carbonyl (C=O) groups is 2. The highest BCUT2D eigenvalue weighted by atomic mass is 35.5. The molecule has 4 rings (SSSR count). The summed E-state index contributed by atoms with van der Waals surface area (Å²) >= 11 is 6.19. The van der Waals surface area contributed by atoms with Crippen LogP contribution in [0.3, 0.4) is 0 Å². The maximum Gasteiger partial charge on any atom is 0.243 e. The third-order valence-electron chi connectivity index (χ3n) is 5.30. The lowest BCUT2D eigenvalue weighted by molar-refractivity contribution is -0.134. The zero-order valence-corrected chi connectivity index (χ0v) is 16.1. The molecule has 2 aliphatic heterocycles. The molecule has 0 unspecified atom stereocenters. The summed E-state index contributed by atoms with van der Waals surface area (Å²) in [5.74, 6) is -0.464. The highest BCUT2D eigenvalue weighted by Gasteiger charge is 2.33. The number of halogens is 1. The summed E-state index contributed by atoms with van der Waals surface area (Å²) in [6, 6.07) is 4.89. The average Bonchev–Trinajstić information content (AvgIpc) is 3.44. The van der Waals surface area contributed by atoms with Crippen LogP contribution in [0.15, 0.2) is 24.5 Å². The van der Waals surface area contributed by atoms with Gasteiger partial charge in [0.2, 0.25) is 11.8 Å². The lowest BCUT2D eigenvalue weighted by atomic mass is 10.1. The van der Waals surface area contributed by atoms with Gasteiger partial charge in [-0.1, -0.05) is 11.6 Å². The van der Waals surface area contributed by atoms with Crippen molar-refractivity contribution < 1.29 is 9.59 Å². The Kier molecular flexibility index (Phi) is 5.65. The largest absolute Gasteiger partial charge is 0.306 e. The Morgan fingerprint density at radius 1 is 1.25 bits per heavy atom. The van der Waals surface area contributed by atoms with Crippen LogP contribution in [0, 0.1) is 0 Å². The Labute approximate surface area is 167 Å². The lowest BCUT2D eigenvalue weighted by Crippen LogP contribution is -2.49. The van der Waals surface area contributed by atoms with Gasteiger partial charge in [0.15, 0.2) is 0 Å². The number of amides is 2. The molecule has 2 aromatic rings. The van der Waals surface area contributed by atoms with Gasteiger partial charge in [-0.2, -0.15) is 0 Å². The molecular weight excluding hydrogens is 382 g/mol. The van der Waals surface area contributed by atoms with Gasteiger partial charge in [-0.15, -0.1) is 5.10 Å². The van der Waals surface area contributed by atoms with Gasteiger partial charge >= 0.3 is 0 Å². The van der Waals surface area contributed by atoms with E-state index in [9.17, 15) is 9.59 Å². The molecule has 1 aromatic carbocycles. The summed E-state index contributed by atoms with van der Waals surface area (Å²) in [7, 11) is 0. The van der Waals surface area contributed by atoms with Crippen molar-refractivity contribution in [3.05, 3.63) is 35.1 Å². The zero-order chi connectivity index (χ0) is 19.5. The van der Waals surface area contributed by atoms with Gasteiger partial charge in [0.05, 0.1) is 17.8 Å². The summed E-state index contributed by atoms with van der Waals surface area (Å²) in [6.07, 6.45) is 4.86. The number of rotatable bonds is 5. The first-order valence-electron chi connectivity index (χ1n) is 9.46. The minimum Gasteiger partial charge on any atom is -0.306 e. The van der Waals surface area contributed by atoms with Crippen molar-refractivity contribution in [3.8, 4) is 5.69 Å². The minimum absolute atomic E-state index is 0.230. The molecule has 0 bridgehead atoms. The lowest BCUT2D eigenvalue weighted by Gasteiger charge is -2.25. The second kappa shape index (κ2) is 8.34. The van der Waals surface area contributed by atoms with Gasteiger partial charge in [-0.05, 0) is 73.0 Å². The number of hydrogen-bond donors (Lipinski definition) is 2. The van der Waals surface area contributed by atoms with Crippen LogP contribution in [0.25, 0.3) is 5.69 Å². The van der Waals surface area contributed by atoms with Crippen LogP contribution in [-0.4, -0.2) is 62.1 Å². The van der Waals surface area contributed by atoms with E-state index in [1.807, 2.05) is 12.1 Å². The molecule has 0 aliphatic carbocycles. The Morgan fingerprint density at radius 3 is 2.89 bits per heavy atom. The number of nitrogens with zero attached hydrogens (tertiary/aromatic N) is 5. The molecule has 2 saturated heterocycles. The molecular formula is C18H22ClN7O2. The fourth-order valence-corrected chi connectivity index (χ4v) is 4.10. The SMILES string of the molecule is O=C(NC(=O)[C@H]1CCCN1)[C@H]1CCCN1Cc1cc(Cl)ccc1-n1cnnn1. The Hall–Kier alpha value is -2.36. The smallest absolute Gasteiger partial charge is 0.243 e. The van der Waals surface area contributed by atoms with E-state index in [4.69, 9.17) is 11.6 Å². The van der Waals surface area contributed by atoms with Crippen molar-refractivity contribution in [2.45, 2.75) is 44.3 Å². The third-order valence-corrected chi connectivity index (χ3v) is 5.54. The van der Waals surface area contributed by atoms with Gasteiger partial charge in [0.1, 0.15) is 6.33 Å². The Bertz CT molecular complexity index is 852. The van der Waals surface area contributed by atoms with E-state index in [-0.39, 0.29) is 23.9 Å². The maximum absolute atomic E-state index is 12.7. The predicted molar refractivity (Wildman–Crippen MR) is 102 cm³/mol. The van der Waals surface area contributed by atoms with E-state index in [0.717, 1.165) is 50.0 Å². The topological polar surface area (TPSA) is 105 Å². The summed E-state index contributed by atoms with van der Waals surface area (Å²) in [5, 5.41) is 17.6. The predicted octanol–water partition coefficient (Wildman–Crippen LogP) is 0.675. The molecule has 2 atom stereocenters. The summed E-state index contributed by atoms with van der Waals surface area (Å²) in [6.45, 7) is 2.11. The molecule has 1 aromatic heterocycles. The number of carbonyl (C=O) groups excluding carboxylic acids is 2. The van der Waals surface area contributed by atoms with Crippen LogP contribution in [0.5, 0.6) is 0 Å². The number of benzene rings is 1. The number of nitrogens with one attached hydrogen (secondary N) is 2. The Morgan fingerprint density at radius 2 is 2.14 bits per heavy atom. The van der Waals surface area contributed by atoms with E-state index >= 15 is 0 Å². The van der Waals surface area contributed by atoms with E-state index in [0.29, 0.717) is 11.6 Å². The molecule has 148 valence electrons. The zero-order valence-electron chi connectivity index (χ0n) is 15.3. The van der Waals surface area contributed by atoms with Gasteiger partial charge in [0, 0.05) is 11.6 Å². The van der Waals surface area contributed by atoms with Gasteiger partial charge in [-0.25, -0.2) is 4.68 Å². The van der Waals surface area contributed by atoms with Crippen molar-refractivity contribution >= 4 is 23.4 Å². The minimum atomic E-state index is -0.342. The normalized spacial score (nSPS) is 22.5. The molecule has 2 amide bonds.